The average molecular weight is 442 g/mol. The molecule has 0 radical (unpaired) electrons. The van der Waals surface area contributed by atoms with Crippen LogP contribution in [0.4, 0.5) is 0 Å². The fraction of sp³-hybridized carbons (Fsp3) is 0.120. The van der Waals surface area contributed by atoms with Gasteiger partial charge in [-0.25, -0.2) is 0 Å². The van der Waals surface area contributed by atoms with Gasteiger partial charge in [0, 0.05) is 22.0 Å². The van der Waals surface area contributed by atoms with E-state index >= 15 is 0 Å². The minimum absolute atomic E-state index is 0.0259. The number of amides is 1. The first-order chi connectivity index (χ1) is 15.5. The number of ether oxygens (including phenoxy) is 1. The highest BCUT2D eigenvalue weighted by Gasteiger charge is 2.14. The molecular formula is C25H19N3O3S. The third-order valence-electron chi connectivity index (χ3n) is 5.36. The lowest BCUT2D eigenvalue weighted by molar-refractivity contribution is -0.141. The highest BCUT2D eigenvalue weighted by atomic mass is 32.1. The number of carbonyl (C=O) groups is 2. The number of aryl methyl sites for hydroxylation is 1. The number of rotatable bonds is 3. The van der Waals surface area contributed by atoms with E-state index in [4.69, 9.17) is 4.74 Å². The summed E-state index contributed by atoms with van der Waals surface area (Å²) in [6, 6.07) is 21.2. The average Bonchev–Trinajstić information content (AvgIpc) is 3.15. The summed E-state index contributed by atoms with van der Waals surface area (Å²) in [4.78, 5) is 34.5. The monoisotopic (exact) mass is 441 g/mol. The molecule has 2 heterocycles. The van der Waals surface area contributed by atoms with E-state index < -0.39 is 5.97 Å². The van der Waals surface area contributed by atoms with Crippen molar-refractivity contribution in [2.45, 2.75) is 13.5 Å². The molecule has 1 amide bonds. The van der Waals surface area contributed by atoms with E-state index in [9.17, 15) is 9.59 Å². The summed E-state index contributed by atoms with van der Waals surface area (Å²) in [7, 11) is 1.35. The third-order valence-corrected chi connectivity index (χ3v) is 6.49. The van der Waals surface area contributed by atoms with E-state index in [1.807, 2.05) is 61.5 Å². The molecule has 5 aromatic rings. The predicted molar refractivity (Wildman–Crippen MR) is 126 cm³/mol. The van der Waals surface area contributed by atoms with Crippen molar-refractivity contribution in [3.8, 4) is 0 Å². The van der Waals surface area contributed by atoms with Crippen molar-refractivity contribution in [3.63, 3.8) is 0 Å². The van der Waals surface area contributed by atoms with Crippen molar-refractivity contribution in [2.24, 2.45) is 4.99 Å². The summed E-state index contributed by atoms with van der Waals surface area (Å²) in [5.41, 5.74) is 3.05. The van der Waals surface area contributed by atoms with Crippen molar-refractivity contribution in [1.82, 2.24) is 9.55 Å². The van der Waals surface area contributed by atoms with Crippen LogP contribution in [-0.4, -0.2) is 28.5 Å². The Hall–Kier alpha value is -3.84. The number of thiazole rings is 1. The predicted octanol–water partition coefficient (Wildman–Crippen LogP) is 4.63. The molecule has 7 heteroatoms. The Kier molecular flexibility index (Phi) is 5.03. The van der Waals surface area contributed by atoms with Crippen LogP contribution in [0, 0.1) is 6.92 Å². The van der Waals surface area contributed by atoms with Crippen LogP contribution in [0.1, 0.15) is 16.1 Å². The maximum Gasteiger partial charge on any atom is 0.325 e. The van der Waals surface area contributed by atoms with E-state index in [1.54, 1.807) is 16.7 Å². The summed E-state index contributed by atoms with van der Waals surface area (Å²) >= 11 is 1.39. The molecule has 6 nitrogen and oxygen atoms in total. The Bertz CT molecular complexity index is 1600. The smallest absolute Gasteiger partial charge is 0.325 e. The first kappa shape index (κ1) is 20.1. The van der Waals surface area contributed by atoms with Gasteiger partial charge in [-0.2, -0.15) is 4.99 Å². The molecule has 32 heavy (non-hydrogen) atoms. The summed E-state index contributed by atoms with van der Waals surface area (Å²) in [5, 5.41) is 3.01. The van der Waals surface area contributed by atoms with Gasteiger partial charge in [-0.3, -0.25) is 14.6 Å². The number of fused-ring (bicyclic) bond motifs is 4. The number of methoxy groups -OCH3 is 1. The van der Waals surface area contributed by atoms with Crippen molar-refractivity contribution in [1.29, 1.82) is 0 Å². The minimum atomic E-state index is -0.404. The van der Waals surface area contributed by atoms with Gasteiger partial charge in [0.15, 0.2) is 4.80 Å². The van der Waals surface area contributed by atoms with Gasteiger partial charge in [0.2, 0.25) is 0 Å². The van der Waals surface area contributed by atoms with Crippen molar-refractivity contribution in [3.05, 3.63) is 82.8 Å². The largest absolute Gasteiger partial charge is 0.468 e. The molecule has 0 N–H and O–H groups in total. The van der Waals surface area contributed by atoms with E-state index in [-0.39, 0.29) is 12.5 Å². The Balaban J connectivity index is 1.68. The Morgan fingerprint density at radius 2 is 1.84 bits per heavy atom. The van der Waals surface area contributed by atoms with Crippen LogP contribution in [0.15, 0.2) is 71.7 Å². The van der Waals surface area contributed by atoms with E-state index in [0.717, 1.165) is 37.6 Å². The highest BCUT2D eigenvalue weighted by molar-refractivity contribution is 7.17. The van der Waals surface area contributed by atoms with Crippen LogP contribution < -0.4 is 4.80 Å². The lowest BCUT2D eigenvalue weighted by atomic mass is 10.1. The molecule has 2 aromatic heterocycles. The molecule has 158 valence electrons. The van der Waals surface area contributed by atoms with E-state index in [0.29, 0.717) is 10.4 Å². The topological polar surface area (TPSA) is 73.6 Å². The fourth-order valence-corrected chi connectivity index (χ4v) is 4.91. The minimum Gasteiger partial charge on any atom is -0.468 e. The number of pyridine rings is 1. The van der Waals surface area contributed by atoms with Gasteiger partial charge < -0.3 is 9.30 Å². The lowest BCUT2D eigenvalue weighted by Gasteiger charge is -2.05. The molecule has 5 rings (SSSR count). The van der Waals surface area contributed by atoms with Gasteiger partial charge in [-0.15, -0.1) is 0 Å². The maximum atomic E-state index is 13.1. The highest BCUT2D eigenvalue weighted by Crippen LogP contribution is 2.27. The first-order valence-corrected chi connectivity index (χ1v) is 10.9. The van der Waals surface area contributed by atoms with Crippen LogP contribution >= 0.6 is 11.3 Å². The van der Waals surface area contributed by atoms with E-state index in [1.165, 1.54) is 18.4 Å². The molecular weight excluding hydrogens is 422 g/mol. The van der Waals surface area contributed by atoms with Gasteiger partial charge in [-0.1, -0.05) is 47.7 Å². The fourth-order valence-electron chi connectivity index (χ4n) is 3.74. The SMILES string of the molecule is COC(=O)Cn1c(=NC(=O)c2ccc3nc(C)ccc3c2)sc2c3ccccc3ccc21. The normalized spacial score (nSPS) is 12.0. The molecule has 0 saturated heterocycles. The molecule has 0 unspecified atom stereocenters. The molecule has 0 aliphatic rings. The zero-order valence-corrected chi connectivity index (χ0v) is 18.3. The van der Waals surface area contributed by atoms with Crippen LogP contribution in [0.25, 0.3) is 31.9 Å². The quantitative estimate of drug-likeness (QED) is 0.383. The summed E-state index contributed by atoms with van der Waals surface area (Å²) in [5.74, 6) is -0.777. The Morgan fingerprint density at radius 1 is 1.03 bits per heavy atom. The second-order valence-corrected chi connectivity index (χ2v) is 8.44. The van der Waals surface area contributed by atoms with Crippen LogP contribution in [0.3, 0.4) is 0 Å². The zero-order chi connectivity index (χ0) is 22.2. The van der Waals surface area contributed by atoms with Crippen molar-refractivity contribution >= 4 is 55.1 Å². The van der Waals surface area contributed by atoms with Gasteiger partial charge >= 0.3 is 5.97 Å². The molecule has 0 spiro atoms. The first-order valence-electron chi connectivity index (χ1n) is 10.1. The molecule has 0 aliphatic heterocycles. The molecule has 0 fully saturated rings. The molecule has 0 bridgehead atoms. The van der Waals surface area contributed by atoms with Crippen LogP contribution in [0.5, 0.6) is 0 Å². The number of carbonyl (C=O) groups excluding carboxylic acids is 2. The summed E-state index contributed by atoms with van der Waals surface area (Å²) in [6.45, 7) is 1.90. The number of aromatic nitrogens is 2. The third kappa shape index (κ3) is 3.56. The summed E-state index contributed by atoms with van der Waals surface area (Å²) in [6.07, 6.45) is 0. The van der Waals surface area contributed by atoms with Gasteiger partial charge in [0.1, 0.15) is 6.54 Å². The van der Waals surface area contributed by atoms with E-state index in [2.05, 4.69) is 9.98 Å². The number of hydrogen-bond donors (Lipinski definition) is 0. The number of hydrogen-bond acceptors (Lipinski definition) is 5. The second-order valence-electron chi connectivity index (χ2n) is 7.46. The number of nitrogens with zero attached hydrogens (tertiary/aromatic N) is 3. The second kappa shape index (κ2) is 8.01. The maximum absolute atomic E-state index is 13.1. The Labute approximate surface area is 187 Å². The molecule has 0 aliphatic carbocycles. The number of benzene rings is 3. The van der Waals surface area contributed by atoms with Gasteiger partial charge in [-0.05, 0) is 42.6 Å². The molecule has 3 aromatic carbocycles. The summed E-state index contributed by atoms with van der Waals surface area (Å²) < 4.78 is 7.58. The molecule has 0 atom stereocenters. The standard InChI is InChI=1S/C25H19N3O3S/c1-15-7-8-17-13-18(9-11-20(17)26-15)24(30)27-25-28(14-22(29)31-2)21-12-10-16-5-3-4-6-19(16)23(21)32-25/h3-13H,14H2,1-2H3. The number of esters is 1. The van der Waals surface area contributed by atoms with Crippen LogP contribution in [0.2, 0.25) is 0 Å². The lowest BCUT2D eigenvalue weighted by Crippen LogP contribution is -2.22. The van der Waals surface area contributed by atoms with Gasteiger partial charge in [0.05, 0.1) is 22.8 Å². The molecule has 0 saturated carbocycles. The Morgan fingerprint density at radius 3 is 2.69 bits per heavy atom. The van der Waals surface area contributed by atoms with Gasteiger partial charge in [0.25, 0.3) is 5.91 Å². The van der Waals surface area contributed by atoms with Crippen molar-refractivity contribution < 1.29 is 14.3 Å². The van der Waals surface area contributed by atoms with Crippen molar-refractivity contribution in [2.75, 3.05) is 7.11 Å². The zero-order valence-electron chi connectivity index (χ0n) is 17.5. The van der Waals surface area contributed by atoms with Crippen LogP contribution in [-0.2, 0) is 16.1 Å².